The van der Waals surface area contributed by atoms with Gasteiger partial charge in [0.05, 0.1) is 11.6 Å². The van der Waals surface area contributed by atoms with Gasteiger partial charge in [-0.1, -0.05) is 0 Å². The van der Waals surface area contributed by atoms with Crippen molar-refractivity contribution in [2.24, 2.45) is 0 Å². The van der Waals surface area contributed by atoms with E-state index in [4.69, 9.17) is 23.7 Å². The third-order valence-corrected chi connectivity index (χ3v) is 5.56. The topological polar surface area (TPSA) is 215 Å². The van der Waals surface area contributed by atoms with Gasteiger partial charge in [-0.15, -0.1) is 0 Å². The molecule has 1 saturated heterocycles. The molecule has 2 heterocycles. The van der Waals surface area contributed by atoms with Crippen LogP contribution < -0.4 is 4.74 Å². The highest BCUT2D eigenvalue weighted by Crippen LogP contribution is 2.40. The molecule has 0 spiro atoms. The normalized spacial score (nSPS) is 23.5. The lowest BCUT2D eigenvalue weighted by Gasteiger charge is -2.39. The summed E-state index contributed by atoms with van der Waals surface area (Å²) in [5, 5.41) is 69.6. The van der Waals surface area contributed by atoms with Crippen LogP contribution in [0, 0.1) is 0 Å². The second-order valence-corrected chi connectivity index (χ2v) is 8.25. The molecule has 0 radical (unpaired) electrons. The van der Waals surface area contributed by atoms with Crippen LogP contribution in [0.5, 0.6) is 23.0 Å². The first-order valence-corrected chi connectivity index (χ1v) is 10.9. The molecule has 0 saturated carbocycles. The van der Waals surface area contributed by atoms with Crippen molar-refractivity contribution in [3.05, 3.63) is 42.5 Å². The molecular formula is C24H23O13+. The van der Waals surface area contributed by atoms with E-state index >= 15 is 0 Å². The zero-order valence-corrected chi connectivity index (χ0v) is 18.9. The monoisotopic (exact) mass is 519 g/mol. The maximum atomic E-state index is 11.6. The Morgan fingerprint density at radius 1 is 0.919 bits per heavy atom. The minimum atomic E-state index is -1.80. The predicted molar refractivity (Wildman–Crippen MR) is 122 cm³/mol. The fourth-order valence-electron chi connectivity index (χ4n) is 3.71. The van der Waals surface area contributed by atoms with Crippen LogP contribution in [-0.4, -0.2) is 85.0 Å². The first-order valence-electron chi connectivity index (χ1n) is 10.9. The summed E-state index contributed by atoms with van der Waals surface area (Å²) in [6, 6.07) is 9.34. The lowest BCUT2D eigenvalue weighted by atomic mass is 9.99. The Morgan fingerprint density at radius 2 is 1.62 bits per heavy atom. The van der Waals surface area contributed by atoms with Crippen molar-refractivity contribution >= 4 is 22.9 Å². The first-order chi connectivity index (χ1) is 17.5. The van der Waals surface area contributed by atoms with E-state index in [9.17, 15) is 40.2 Å². The van der Waals surface area contributed by atoms with Gasteiger partial charge in [0, 0.05) is 12.1 Å². The van der Waals surface area contributed by atoms with Gasteiger partial charge >= 0.3 is 23.3 Å². The minimum Gasteiger partial charge on any atom is -0.508 e. The number of carbonyl (C=O) groups is 2. The van der Waals surface area contributed by atoms with E-state index in [1.54, 1.807) is 0 Å². The van der Waals surface area contributed by atoms with Gasteiger partial charge in [-0.05, 0) is 24.3 Å². The second kappa shape index (κ2) is 10.4. The summed E-state index contributed by atoms with van der Waals surface area (Å²) in [7, 11) is 0. The van der Waals surface area contributed by atoms with E-state index in [0.717, 1.165) is 6.07 Å². The van der Waals surface area contributed by atoms with E-state index in [1.165, 1.54) is 36.4 Å². The maximum Gasteiger partial charge on any atom is 0.402 e. The molecule has 1 aromatic heterocycles. The molecule has 0 aliphatic carbocycles. The number of carbonyl (C=O) groups excluding carboxylic acids is 1. The van der Waals surface area contributed by atoms with E-state index in [1.807, 2.05) is 0 Å². The number of hydrogen-bond donors (Lipinski definition) is 7. The summed E-state index contributed by atoms with van der Waals surface area (Å²) in [4.78, 5) is 22.2. The number of fused-ring (bicyclic) bond motifs is 1. The Kier molecular flexibility index (Phi) is 7.31. The summed E-state index contributed by atoms with van der Waals surface area (Å²) >= 11 is 0. The molecule has 1 fully saturated rings. The summed E-state index contributed by atoms with van der Waals surface area (Å²) in [5.74, 6) is -3.28. The molecule has 0 bridgehead atoms. The zero-order chi connectivity index (χ0) is 26.9. The van der Waals surface area contributed by atoms with Crippen molar-refractivity contribution in [1.29, 1.82) is 0 Å². The summed E-state index contributed by atoms with van der Waals surface area (Å²) in [5.41, 5.74) is 0.444. The zero-order valence-electron chi connectivity index (χ0n) is 18.9. The van der Waals surface area contributed by atoms with Gasteiger partial charge in [0.25, 0.3) is 0 Å². The Morgan fingerprint density at radius 3 is 2.30 bits per heavy atom. The number of aromatic hydroxyl groups is 3. The maximum absolute atomic E-state index is 11.6. The van der Waals surface area contributed by atoms with Crippen LogP contribution in [0.15, 0.2) is 46.9 Å². The van der Waals surface area contributed by atoms with E-state index in [0.29, 0.717) is 5.56 Å². The molecule has 2 aromatic carbocycles. The number of phenolic OH excluding ortho intramolecular Hbond substituents is 3. The molecule has 13 nitrogen and oxygen atoms in total. The molecule has 7 N–H and O–H groups in total. The molecule has 1 aliphatic heterocycles. The quantitative estimate of drug-likeness (QED) is 0.130. The van der Waals surface area contributed by atoms with Crippen molar-refractivity contribution in [1.82, 2.24) is 0 Å². The molecule has 37 heavy (non-hydrogen) atoms. The number of aliphatic carboxylic acids is 1. The van der Waals surface area contributed by atoms with Gasteiger partial charge in [-0.25, -0.2) is 4.42 Å². The summed E-state index contributed by atoms with van der Waals surface area (Å²) < 4.78 is 21.9. The largest absolute Gasteiger partial charge is 0.508 e. The second-order valence-electron chi connectivity index (χ2n) is 8.25. The molecule has 196 valence electrons. The Hall–Kier alpha value is -4.17. The van der Waals surface area contributed by atoms with Gasteiger partial charge in [0.15, 0.2) is 0 Å². The van der Waals surface area contributed by atoms with Crippen molar-refractivity contribution in [2.45, 2.75) is 37.1 Å². The highest BCUT2D eigenvalue weighted by molar-refractivity contribution is 5.90. The molecule has 1 aliphatic rings. The number of esters is 1. The molecule has 3 aromatic rings. The standard InChI is InChI=1S/C24H22O13/c25-11-3-1-10(2-4-11)23-16(7-13-14(27)5-12(26)6-15(13)35-23)36-24-22(33)21(32)20(31)17(37-24)9-34-19(30)8-18(28)29/h1-7,17,20-22,24,31-33H,8-9H2,(H3-,25,26,27,28,29)/p+1/t17?,20-,21?,22?,24-/m1/s1. The van der Waals surface area contributed by atoms with Gasteiger partial charge in [-0.2, -0.15) is 0 Å². The Labute approximate surface area is 207 Å². The highest BCUT2D eigenvalue weighted by Gasteiger charge is 2.46. The smallest absolute Gasteiger partial charge is 0.402 e. The number of carboxylic acid groups (broad SMARTS) is 1. The highest BCUT2D eigenvalue weighted by atomic mass is 16.7. The fourth-order valence-corrected chi connectivity index (χ4v) is 3.71. The molecular weight excluding hydrogens is 496 g/mol. The lowest BCUT2D eigenvalue weighted by Crippen LogP contribution is -2.60. The van der Waals surface area contributed by atoms with Gasteiger partial charge in [0.2, 0.25) is 12.0 Å². The third-order valence-electron chi connectivity index (χ3n) is 5.56. The van der Waals surface area contributed by atoms with Gasteiger partial charge < -0.3 is 50.0 Å². The number of hydrogen-bond acceptors (Lipinski definition) is 11. The minimum absolute atomic E-state index is 0.0262. The van der Waals surface area contributed by atoms with Crippen LogP contribution >= 0.6 is 0 Å². The van der Waals surface area contributed by atoms with Crippen molar-refractivity contribution in [3.8, 4) is 34.3 Å². The van der Waals surface area contributed by atoms with Gasteiger partial charge in [-0.3, -0.25) is 9.59 Å². The lowest BCUT2D eigenvalue weighted by molar-refractivity contribution is -0.278. The van der Waals surface area contributed by atoms with Crippen molar-refractivity contribution in [3.63, 3.8) is 0 Å². The SMILES string of the molecule is O=C(O)CC(=O)OCC1O[C@@H](Oc2cc3c(O)cc(O)cc3[o+]c2-c2ccc(O)cc2)C(O)C(O)[C@@H]1O. The Balaban J connectivity index is 1.67. The molecule has 13 heteroatoms. The van der Waals surface area contributed by atoms with E-state index in [-0.39, 0.29) is 39.7 Å². The van der Waals surface area contributed by atoms with Crippen LogP contribution in [0.2, 0.25) is 0 Å². The number of ether oxygens (including phenoxy) is 3. The van der Waals surface area contributed by atoms with Crippen LogP contribution in [-0.2, 0) is 19.1 Å². The van der Waals surface area contributed by atoms with Crippen LogP contribution in [0.4, 0.5) is 0 Å². The summed E-state index contributed by atoms with van der Waals surface area (Å²) in [6.07, 6.45) is -9.29. The number of rotatable bonds is 7. The fraction of sp³-hybridized carbons (Fsp3) is 0.292. The van der Waals surface area contributed by atoms with Crippen LogP contribution in [0.1, 0.15) is 6.42 Å². The molecule has 5 atom stereocenters. The predicted octanol–water partition coefficient (Wildman–Crippen LogP) is 0.702. The van der Waals surface area contributed by atoms with Crippen LogP contribution in [0.3, 0.4) is 0 Å². The third kappa shape index (κ3) is 5.65. The van der Waals surface area contributed by atoms with Crippen LogP contribution in [0.25, 0.3) is 22.3 Å². The average Bonchev–Trinajstić information content (AvgIpc) is 2.83. The van der Waals surface area contributed by atoms with E-state index < -0.39 is 55.7 Å². The number of phenols is 3. The number of benzene rings is 2. The van der Waals surface area contributed by atoms with E-state index in [2.05, 4.69) is 0 Å². The summed E-state index contributed by atoms with van der Waals surface area (Å²) in [6.45, 7) is -0.649. The number of aliphatic hydroxyl groups excluding tert-OH is 3. The van der Waals surface area contributed by atoms with Crippen molar-refractivity contribution in [2.75, 3.05) is 6.61 Å². The number of carboxylic acids is 1. The number of aliphatic hydroxyl groups is 3. The van der Waals surface area contributed by atoms with Crippen molar-refractivity contribution < 1.29 is 64.0 Å². The molecule has 0 amide bonds. The Bertz CT molecular complexity index is 1310. The van der Waals surface area contributed by atoms with Gasteiger partial charge in [0.1, 0.15) is 60.1 Å². The molecule has 3 unspecified atom stereocenters. The average molecular weight is 519 g/mol. The molecule has 4 rings (SSSR count). The first kappa shape index (κ1) is 25.9.